The van der Waals surface area contributed by atoms with Crippen molar-refractivity contribution < 1.29 is 9.32 Å². The first-order valence-corrected chi connectivity index (χ1v) is 7.66. The summed E-state index contributed by atoms with van der Waals surface area (Å²) in [6.45, 7) is 1.78. The summed E-state index contributed by atoms with van der Waals surface area (Å²) >= 11 is 1.55. The van der Waals surface area contributed by atoms with Crippen molar-refractivity contribution in [1.29, 1.82) is 0 Å². The molecule has 6 nitrogen and oxygen atoms in total. The number of amides is 1. The van der Waals surface area contributed by atoms with E-state index in [1.807, 2.05) is 17.5 Å². The first-order chi connectivity index (χ1) is 10.7. The number of pyridine rings is 1. The Labute approximate surface area is 131 Å². The van der Waals surface area contributed by atoms with Crippen LogP contribution in [-0.2, 0) is 11.2 Å². The lowest BCUT2D eigenvalue weighted by atomic mass is 10.2. The smallest absolute Gasteiger partial charge is 0.226 e. The average molecular weight is 314 g/mol. The van der Waals surface area contributed by atoms with Crippen molar-refractivity contribution in [1.82, 2.24) is 15.1 Å². The molecule has 0 spiro atoms. The normalized spacial score (nSPS) is 10.6. The summed E-state index contributed by atoms with van der Waals surface area (Å²) < 4.78 is 4.90. The molecule has 3 rings (SSSR count). The summed E-state index contributed by atoms with van der Waals surface area (Å²) in [4.78, 5) is 20.5. The molecule has 0 aliphatic rings. The maximum atomic E-state index is 11.8. The van der Waals surface area contributed by atoms with Crippen LogP contribution in [0.2, 0.25) is 0 Å². The minimum absolute atomic E-state index is 0.107. The molecule has 0 aliphatic carbocycles. The Kier molecular flexibility index (Phi) is 4.24. The molecule has 0 unspecified atom stereocenters. The number of rotatable bonds is 5. The predicted octanol–water partition coefficient (Wildman–Crippen LogP) is 3.07. The third kappa shape index (κ3) is 3.56. The molecule has 3 aromatic rings. The van der Waals surface area contributed by atoms with Crippen LogP contribution in [0.5, 0.6) is 0 Å². The van der Waals surface area contributed by atoms with Gasteiger partial charge in [-0.2, -0.15) is 0 Å². The Hall–Kier alpha value is -2.54. The molecular weight excluding hydrogens is 300 g/mol. The van der Waals surface area contributed by atoms with Crippen molar-refractivity contribution in [2.75, 3.05) is 5.32 Å². The van der Waals surface area contributed by atoms with Gasteiger partial charge in [-0.1, -0.05) is 5.16 Å². The number of carbonyl (C=O) groups excluding carboxylic acids is 1. The molecule has 0 atom stereocenters. The van der Waals surface area contributed by atoms with Crippen molar-refractivity contribution in [2.45, 2.75) is 19.8 Å². The number of hydrogen-bond acceptors (Lipinski definition) is 6. The molecule has 1 amide bonds. The Morgan fingerprint density at radius 2 is 2.36 bits per heavy atom. The number of aryl methyl sites for hydroxylation is 2. The van der Waals surface area contributed by atoms with Crippen LogP contribution in [0.3, 0.4) is 0 Å². The van der Waals surface area contributed by atoms with Crippen molar-refractivity contribution in [3.05, 3.63) is 47.4 Å². The van der Waals surface area contributed by atoms with E-state index in [0.29, 0.717) is 24.4 Å². The first kappa shape index (κ1) is 14.4. The van der Waals surface area contributed by atoms with E-state index in [2.05, 4.69) is 20.4 Å². The predicted molar refractivity (Wildman–Crippen MR) is 83.5 cm³/mol. The van der Waals surface area contributed by atoms with Crippen molar-refractivity contribution in [3.8, 4) is 10.6 Å². The van der Waals surface area contributed by atoms with Gasteiger partial charge in [-0.25, -0.2) is 4.98 Å². The highest BCUT2D eigenvalue weighted by molar-refractivity contribution is 7.13. The number of nitrogens with one attached hydrogen (secondary N) is 1. The molecular formula is C15H14N4O2S. The summed E-state index contributed by atoms with van der Waals surface area (Å²) in [7, 11) is 0. The highest BCUT2D eigenvalue weighted by Gasteiger charge is 2.09. The van der Waals surface area contributed by atoms with Gasteiger partial charge >= 0.3 is 0 Å². The minimum atomic E-state index is -0.107. The maximum Gasteiger partial charge on any atom is 0.226 e. The highest BCUT2D eigenvalue weighted by atomic mass is 32.1. The molecule has 0 radical (unpaired) electrons. The van der Waals surface area contributed by atoms with E-state index in [0.717, 1.165) is 16.3 Å². The molecule has 3 heterocycles. The number of aromatic nitrogens is 3. The lowest BCUT2D eigenvalue weighted by molar-refractivity contribution is -0.116. The second kappa shape index (κ2) is 6.48. The van der Waals surface area contributed by atoms with Gasteiger partial charge in [0.25, 0.3) is 0 Å². The zero-order valence-corrected chi connectivity index (χ0v) is 12.8. The largest absolute Gasteiger partial charge is 0.360 e. The van der Waals surface area contributed by atoms with E-state index in [1.165, 1.54) is 0 Å². The van der Waals surface area contributed by atoms with Crippen LogP contribution in [0, 0.1) is 6.92 Å². The highest BCUT2D eigenvalue weighted by Crippen LogP contribution is 2.23. The van der Waals surface area contributed by atoms with Crippen molar-refractivity contribution in [3.63, 3.8) is 0 Å². The Morgan fingerprint density at radius 1 is 1.45 bits per heavy atom. The fourth-order valence-corrected chi connectivity index (χ4v) is 2.76. The average Bonchev–Trinajstić information content (AvgIpc) is 3.15. The van der Waals surface area contributed by atoms with Gasteiger partial charge in [0, 0.05) is 35.8 Å². The number of anilines is 1. The van der Waals surface area contributed by atoms with Crippen LogP contribution in [0.15, 0.2) is 40.5 Å². The third-order valence-corrected chi connectivity index (χ3v) is 3.90. The maximum absolute atomic E-state index is 11.8. The van der Waals surface area contributed by atoms with Crippen LogP contribution < -0.4 is 5.32 Å². The SMILES string of the molecule is Cc1cc(NC(=O)CCc2csc(-c3cccnc3)n2)no1. The van der Waals surface area contributed by atoms with Gasteiger partial charge in [-0.15, -0.1) is 11.3 Å². The molecule has 0 bridgehead atoms. The van der Waals surface area contributed by atoms with Crippen LogP contribution >= 0.6 is 11.3 Å². The zero-order valence-electron chi connectivity index (χ0n) is 11.9. The summed E-state index contributed by atoms with van der Waals surface area (Å²) in [5, 5.41) is 9.30. The van der Waals surface area contributed by atoms with E-state index in [4.69, 9.17) is 4.52 Å². The summed E-state index contributed by atoms with van der Waals surface area (Å²) in [6, 6.07) is 5.53. The molecule has 1 N–H and O–H groups in total. The molecule has 7 heteroatoms. The van der Waals surface area contributed by atoms with Gasteiger partial charge in [0.15, 0.2) is 5.82 Å². The lowest BCUT2D eigenvalue weighted by Gasteiger charge is -1.99. The molecule has 3 aromatic heterocycles. The fraction of sp³-hybridized carbons (Fsp3) is 0.200. The van der Waals surface area contributed by atoms with Gasteiger partial charge in [-0.3, -0.25) is 9.78 Å². The lowest BCUT2D eigenvalue weighted by Crippen LogP contribution is -2.12. The van der Waals surface area contributed by atoms with Gasteiger partial charge < -0.3 is 9.84 Å². The first-order valence-electron chi connectivity index (χ1n) is 6.79. The molecule has 0 saturated heterocycles. The number of thiazole rings is 1. The number of carbonyl (C=O) groups is 1. The van der Waals surface area contributed by atoms with E-state index < -0.39 is 0 Å². The van der Waals surface area contributed by atoms with E-state index in [-0.39, 0.29) is 5.91 Å². The molecule has 0 aliphatic heterocycles. The summed E-state index contributed by atoms with van der Waals surface area (Å²) in [5.41, 5.74) is 1.89. The third-order valence-electron chi connectivity index (χ3n) is 2.96. The van der Waals surface area contributed by atoms with Crippen LogP contribution in [0.25, 0.3) is 10.6 Å². The molecule has 22 heavy (non-hydrogen) atoms. The topological polar surface area (TPSA) is 80.9 Å². The van der Waals surface area contributed by atoms with Gasteiger partial charge in [0.1, 0.15) is 10.8 Å². The number of hydrogen-bond donors (Lipinski definition) is 1. The van der Waals surface area contributed by atoms with E-state index in [1.54, 1.807) is 36.7 Å². The van der Waals surface area contributed by atoms with Crippen LogP contribution in [0.4, 0.5) is 5.82 Å². The number of nitrogens with zero attached hydrogens (tertiary/aromatic N) is 3. The monoisotopic (exact) mass is 314 g/mol. The molecule has 0 fully saturated rings. The molecule has 0 aromatic carbocycles. The Morgan fingerprint density at radius 3 is 3.09 bits per heavy atom. The standard InChI is InChI=1S/C15H14N4O2S/c1-10-7-13(19-21-10)18-14(20)5-4-12-9-22-15(17-12)11-3-2-6-16-8-11/h2-3,6-9H,4-5H2,1H3,(H,18,19,20). The summed E-state index contributed by atoms with van der Waals surface area (Å²) in [5.74, 6) is 0.997. The fourth-order valence-electron chi connectivity index (χ4n) is 1.92. The van der Waals surface area contributed by atoms with Crippen LogP contribution in [-0.4, -0.2) is 21.0 Å². The van der Waals surface area contributed by atoms with E-state index >= 15 is 0 Å². The van der Waals surface area contributed by atoms with E-state index in [9.17, 15) is 4.79 Å². The minimum Gasteiger partial charge on any atom is -0.360 e. The Balaban J connectivity index is 1.56. The van der Waals surface area contributed by atoms with Gasteiger partial charge in [0.05, 0.1) is 5.69 Å². The van der Waals surface area contributed by atoms with Gasteiger partial charge in [0.2, 0.25) is 5.91 Å². The summed E-state index contributed by atoms with van der Waals surface area (Å²) in [6.07, 6.45) is 4.44. The molecule has 0 saturated carbocycles. The van der Waals surface area contributed by atoms with Crippen molar-refractivity contribution in [2.24, 2.45) is 0 Å². The quantitative estimate of drug-likeness (QED) is 0.782. The van der Waals surface area contributed by atoms with Crippen molar-refractivity contribution >= 4 is 23.1 Å². The van der Waals surface area contributed by atoms with Gasteiger partial charge in [-0.05, 0) is 25.5 Å². The second-order valence-corrected chi connectivity index (χ2v) is 5.61. The van der Waals surface area contributed by atoms with Crippen LogP contribution in [0.1, 0.15) is 17.9 Å². The second-order valence-electron chi connectivity index (χ2n) is 4.76. The molecule has 112 valence electrons. The zero-order chi connectivity index (χ0) is 15.4. The Bertz CT molecular complexity index is 767.